The number of hydrogen-bond acceptors (Lipinski definition) is 5. The second-order valence-corrected chi connectivity index (χ2v) is 6.30. The summed E-state index contributed by atoms with van der Waals surface area (Å²) >= 11 is 5.88. The second kappa shape index (κ2) is 8.83. The van der Waals surface area contributed by atoms with Crippen molar-refractivity contribution in [2.45, 2.75) is 25.7 Å². The largest absolute Gasteiger partial charge is 0.511 e. The molecule has 0 aliphatic rings. The van der Waals surface area contributed by atoms with Gasteiger partial charge in [-0.1, -0.05) is 23.7 Å². The number of carboxylic acids is 1. The first kappa shape index (κ1) is 20.7. The summed E-state index contributed by atoms with van der Waals surface area (Å²) in [7, 11) is 0. The number of carbonyl (C=O) groups is 1. The maximum absolute atomic E-state index is 12.5. The number of carboxylic acid groups (broad SMARTS) is 1. The summed E-state index contributed by atoms with van der Waals surface area (Å²) in [6, 6.07) is 8.89. The number of pyridine rings is 1. The van der Waals surface area contributed by atoms with E-state index in [1.807, 2.05) is 24.3 Å². The average Bonchev–Trinajstić information content (AvgIpc) is 3.08. The molecule has 142 valence electrons. The zero-order valence-corrected chi connectivity index (χ0v) is 15.7. The van der Waals surface area contributed by atoms with Gasteiger partial charge in [-0.2, -0.15) is 0 Å². The van der Waals surface area contributed by atoms with Crippen molar-refractivity contribution in [3.8, 4) is 0 Å². The summed E-state index contributed by atoms with van der Waals surface area (Å²) in [6.07, 6.45) is 2.32. The molecule has 0 atom stereocenters. The summed E-state index contributed by atoms with van der Waals surface area (Å²) in [5.41, 5.74) is 1.61. The Morgan fingerprint density at radius 1 is 1.11 bits per heavy atom. The summed E-state index contributed by atoms with van der Waals surface area (Å²) in [5, 5.41) is 27.3. The first-order valence-electron chi connectivity index (χ1n) is 7.99. The minimum Gasteiger partial charge on any atom is -0.511 e. The number of aliphatic hydroxyl groups is 1. The average molecular weight is 410 g/mol. The topological polar surface area (TPSA) is 105 Å². The van der Waals surface area contributed by atoms with Crippen LogP contribution in [0.25, 0.3) is 11.4 Å². The second-order valence-electron chi connectivity index (χ2n) is 5.87. The molecule has 3 rings (SSSR count). The highest BCUT2D eigenvalue weighted by atomic mass is 35.5. The number of halogens is 2. The van der Waals surface area contributed by atoms with Crippen molar-refractivity contribution >= 4 is 41.4 Å². The Balaban J connectivity index is 0.00000261. The Bertz CT molecular complexity index is 1060. The van der Waals surface area contributed by atoms with Crippen LogP contribution in [0.1, 0.15) is 24.1 Å². The van der Waals surface area contributed by atoms with E-state index in [1.54, 1.807) is 4.40 Å². The van der Waals surface area contributed by atoms with E-state index in [9.17, 15) is 14.7 Å². The molecular formula is C18H17Cl2N3O4. The van der Waals surface area contributed by atoms with Crippen molar-refractivity contribution in [1.29, 1.82) is 0 Å². The van der Waals surface area contributed by atoms with Gasteiger partial charge in [0.25, 0.3) is 0 Å². The number of hydrogen-bond donors (Lipinski definition) is 2. The number of rotatable bonds is 6. The monoisotopic (exact) mass is 409 g/mol. The van der Waals surface area contributed by atoms with Gasteiger partial charge in [-0.05, 0) is 30.5 Å². The van der Waals surface area contributed by atoms with E-state index in [4.69, 9.17) is 16.7 Å². The van der Waals surface area contributed by atoms with Gasteiger partial charge in [0, 0.05) is 23.2 Å². The van der Waals surface area contributed by atoms with E-state index in [-0.39, 0.29) is 41.9 Å². The Hall–Kier alpha value is -2.64. The lowest BCUT2D eigenvalue weighted by atomic mass is 10.1. The number of benzene rings is 1. The van der Waals surface area contributed by atoms with E-state index in [0.717, 1.165) is 5.56 Å². The van der Waals surface area contributed by atoms with Gasteiger partial charge in [0.2, 0.25) is 0 Å². The normalized spacial score (nSPS) is 11.9. The molecule has 0 amide bonds. The van der Waals surface area contributed by atoms with Crippen molar-refractivity contribution in [2.75, 3.05) is 0 Å². The Morgan fingerprint density at radius 2 is 1.81 bits per heavy atom. The van der Waals surface area contributed by atoms with Gasteiger partial charge in [0.1, 0.15) is 17.3 Å². The van der Waals surface area contributed by atoms with Crippen LogP contribution in [-0.4, -0.2) is 30.8 Å². The lowest BCUT2D eigenvalue weighted by Crippen LogP contribution is -2.30. The predicted molar refractivity (Wildman–Crippen MR) is 103 cm³/mol. The minimum atomic E-state index is -1.05. The third kappa shape index (κ3) is 4.75. The first-order valence-corrected chi connectivity index (χ1v) is 8.37. The quantitative estimate of drug-likeness (QED) is 0.646. The fourth-order valence-corrected chi connectivity index (χ4v) is 2.88. The predicted octanol–water partition coefficient (Wildman–Crippen LogP) is 2.20. The van der Waals surface area contributed by atoms with E-state index in [1.165, 1.54) is 12.4 Å². The van der Waals surface area contributed by atoms with Gasteiger partial charge >= 0.3 is 5.97 Å². The van der Waals surface area contributed by atoms with Crippen molar-refractivity contribution < 1.29 is 15.0 Å². The van der Waals surface area contributed by atoms with Gasteiger partial charge in [0.15, 0.2) is 11.1 Å². The Morgan fingerprint density at radius 3 is 2.48 bits per heavy atom. The number of aromatic nitrogens is 3. The molecule has 0 spiro atoms. The standard InChI is InChI=1S/C18H16ClN3O4.ClH/c19-12-4-1-11(2-5-12)3-6-13-9-15(24)17(14(23)7-8-16(25)26)18-21-20-10-22(13)18;/h1-2,4-5,9-10,23H,3,6-8H2,(H,25,26);1H. The van der Waals surface area contributed by atoms with Crippen LogP contribution in [0.3, 0.4) is 0 Å². The Kier molecular flexibility index (Phi) is 6.76. The Labute approximate surface area is 165 Å². The third-order valence-corrected chi connectivity index (χ3v) is 4.32. The number of aryl methyl sites for hydroxylation is 2. The van der Waals surface area contributed by atoms with Crippen LogP contribution in [0.5, 0.6) is 0 Å². The summed E-state index contributed by atoms with van der Waals surface area (Å²) in [5.74, 6) is -1.35. The lowest BCUT2D eigenvalue weighted by molar-refractivity contribution is -0.136. The molecule has 1 aromatic carbocycles. The van der Waals surface area contributed by atoms with Crippen LogP contribution in [0.15, 0.2) is 41.5 Å². The number of aliphatic carboxylic acids is 1. The molecule has 0 fully saturated rings. The van der Waals surface area contributed by atoms with E-state index in [2.05, 4.69) is 10.2 Å². The molecule has 0 saturated carbocycles. The van der Waals surface area contributed by atoms with E-state index < -0.39 is 11.4 Å². The molecule has 0 unspecified atom stereocenters. The van der Waals surface area contributed by atoms with Crippen molar-refractivity contribution in [3.63, 3.8) is 0 Å². The SMILES string of the molecule is Cl.O=C(O)CCC(O)=c1c(=O)cc(CCc2ccc(Cl)cc2)n2cnnc12. The molecule has 2 heterocycles. The van der Waals surface area contributed by atoms with Crippen LogP contribution in [-0.2, 0) is 17.6 Å². The summed E-state index contributed by atoms with van der Waals surface area (Å²) in [4.78, 5) is 23.2. The fourth-order valence-electron chi connectivity index (χ4n) is 2.76. The minimum absolute atomic E-state index is 0. The van der Waals surface area contributed by atoms with Gasteiger partial charge < -0.3 is 10.2 Å². The molecule has 0 radical (unpaired) electrons. The van der Waals surface area contributed by atoms with Crippen LogP contribution in [0.2, 0.25) is 5.02 Å². The number of aliphatic hydroxyl groups excluding tert-OH is 1. The molecule has 0 saturated heterocycles. The maximum atomic E-state index is 12.5. The highest BCUT2D eigenvalue weighted by molar-refractivity contribution is 6.30. The molecule has 27 heavy (non-hydrogen) atoms. The fraction of sp³-hybridized carbons (Fsp3) is 0.222. The van der Waals surface area contributed by atoms with Gasteiger partial charge in [-0.3, -0.25) is 14.0 Å². The molecular weight excluding hydrogens is 393 g/mol. The van der Waals surface area contributed by atoms with E-state index >= 15 is 0 Å². The first-order chi connectivity index (χ1) is 12.5. The zero-order chi connectivity index (χ0) is 18.7. The highest BCUT2D eigenvalue weighted by Crippen LogP contribution is 2.12. The third-order valence-electron chi connectivity index (χ3n) is 4.07. The molecule has 9 heteroatoms. The van der Waals surface area contributed by atoms with Crippen LogP contribution in [0, 0.1) is 0 Å². The molecule has 0 bridgehead atoms. The molecule has 0 aliphatic carbocycles. The number of fused-ring (bicyclic) bond motifs is 1. The maximum Gasteiger partial charge on any atom is 0.303 e. The molecule has 7 nitrogen and oxygen atoms in total. The highest BCUT2D eigenvalue weighted by Gasteiger charge is 2.12. The van der Waals surface area contributed by atoms with Gasteiger partial charge in [-0.25, -0.2) is 0 Å². The molecule has 2 aromatic heterocycles. The number of nitrogens with zero attached hydrogens (tertiary/aromatic N) is 3. The molecule has 0 aliphatic heterocycles. The van der Waals surface area contributed by atoms with Gasteiger partial charge in [0.05, 0.1) is 6.42 Å². The van der Waals surface area contributed by atoms with Crippen molar-refractivity contribution in [3.05, 3.63) is 68.4 Å². The van der Waals surface area contributed by atoms with Crippen LogP contribution >= 0.6 is 24.0 Å². The summed E-state index contributed by atoms with van der Waals surface area (Å²) in [6.45, 7) is 0. The zero-order valence-electron chi connectivity index (χ0n) is 14.1. The smallest absolute Gasteiger partial charge is 0.303 e. The van der Waals surface area contributed by atoms with Gasteiger partial charge in [-0.15, -0.1) is 22.6 Å². The van der Waals surface area contributed by atoms with Crippen LogP contribution < -0.4 is 10.6 Å². The summed E-state index contributed by atoms with van der Waals surface area (Å²) < 4.78 is 1.64. The lowest BCUT2D eigenvalue weighted by Gasteiger charge is -2.06. The van der Waals surface area contributed by atoms with E-state index in [0.29, 0.717) is 23.6 Å². The van der Waals surface area contributed by atoms with Crippen molar-refractivity contribution in [2.24, 2.45) is 0 Å². The molecule has 2 N–H and O–H groups in total. The van der Waals surface area contributed by atoms with Crippen molar-refractivity contribution in [1.82, 2.24) is 14.6 Å². The van der Waals surface area contributed by atoms with Crippen LogP contribution in [0.4, 0.5) is 0 Å². The molecule has 3 aromatic rings.